The minimum Gasteiger partial charge on any atom is -0.497 e. The van der Waals surface area contributed by atoms with E-state index in [2.05, 4.69) is 4.74 Å². The van der Waals surface area contributed by atoms with Crippen LogP contribution < -0.4 is 14.2 Å². The Morgan fingerprint density at radius 1 is 0.793 bits per heavy atom. The van der Waals surface area contributed by atoms with Gasteiger partial charge in [0.25, 0.3) is 0 Å². The molecule has 0 atom stereocenters. The van der Waals surface area contributed by atoms with E-state index in [0.717, 1.165) is 17.7 Å². The lowest BCUT2D eigenvalue weighted by Crippen LogP contribution is -2.20. The Morgan fingerprint density at radius 2 is 1.38 bits per heavy atom. The molecule has 9 heteroatoms. The highest BCUT2D eigenvalue weighted by atomic mass is 19.4. The molecule has 0 spiro atoms. The van der Waals surface area contributed by atoms with Gasteiger partial charge in [-0.25, -0.2) is 0 Å². The molecule has 29 heavy (non-hydrogen) atoms. The first-order valence-electron chi connectivity index (χ1n) is 8.38. The van der Waals surface area contributed by atoms with E-state index in [9.17, 15) is 26.3 Å². The summed E-state index contributed by atoms with van der Waals surface area (Å²) >= 11 is 0. The molecule has 2 aromatic rings. The number of hydrogen-bond donors (Lipinski definition) is 0. The zero-order chi connectivity index (χ0) is 21.5. The lowest BCUT2D eigenvalue weighted by atomic mass is 10.1. The smallest absolute Gasteiger partial charge is 0.422 e. The van der Waals surface area contributed by atoms with Gasteiger partial charge in [0.2, 0.25) is 0 Å². The Morgan fingerprint density at radius 3 is 1.97 bits per heavy atom. The lowest BCUT2D eigenvalue weighted by Gasteiger charge is -2.15. The SMILES string of the molecule is COc1ccc(C=CCc2cc(OCC(F)(F)F)ccc2OCC(F)(F)F)cc1. The van der Waals surface area contributed by atoms with Gasteiger partial charge in [-0.3, -0.25) is 0 Å². The summed E-state index contributed by atoms with van der Waals surface area (Å²) in [7, 11) is 1.53. The topological polar surface area (TPSA) is 27.7 Å². The Bertz CT molecular complexity index is 810. The number of ether oxygens (including phenoxy) is 3. The van der Waals surface area contributed by atoms with Gasteiger partial charge in [0, 0.05) is 5.56 Å². The Hall–Kier alpha value is -2.84. The van der Waals surface area contributed by atoms with E-state index in [1.807, 2.05) is 0 Å². The van der Waals surface area contributed by atoms with Gasteiger partial charge in [0.15, 0.2) is 13.2 Å². The molecule has 0 aliphatic heterocycles. The molecule has 0 aliphatic carbocycles. The summed E-state index contributed by atoms with van der Waals surface area (Å²) in [6, 6.07) is 10.6. The van der Waals surface area contributed by atoms with E-state index in [0.29, 0.717) is 5.75 Å². The number of allylic oxidation sites excluding steroid dienone is 1. The van der Waals surface area contributed by atoms with Crippen molar-refractivity contribution in [2.75, 3.05) is 20.3 Å². The molecule has 2 aromatic carbocycles. The quantitative estimate of drug-likeness (QED) is 0.503. The van der Waals surface area contributed by atoms with Crippen LogP contribution in [-0.2, 0) is 6.42 Å². The molecule has 0 saturated carbocycles. The van der Waals surface area contributed by atoms with Crippen molar-refractivity contribution in [1.29, 1.82) is 0 Å². The van der Waals surface area contributed by atoms with E-state index in [1.54, 1.807) is 36.4 Å². The van der Waals surface area contributed by atoms with Crippen LogP contribution in [0.3, 0.4) is 0 Å². The van der Waals surface area contributed by atoms with Crippen molar-refractivity contribution >= 4 is 6.08 Å². The fraction of sp³-hybridized carbons (Fsp3) is 0.300. The number of alkyl halides is 6. The van der Waals surface area contributed by atoms with Crippen LogP contribution in [0.15, 0.2) is 48.5 Å². The molecule has 0 bridgehead atoms. The van der Waals surface area contributed by atoms with Crippen LogP contribution in [0.25, 0.3) is 6.08 Å². The Balaban J connectivity index is 2.15. The summed E-state index contributed by atoms with van der Waals surface area (Å²) in [4.78, 5) is 0. The van der Waals surface area contributed by atoms with Crippen molar-refractivity contribution in [3.63, 3.8) is 0 Å². The first-order chi connectivity index (χ1) is 13.6. The van der Waals surface area contributed by atoms with Gasteiger partial charge < -0.3 is 14.2 Å². The second-order valence-electron chi connectivity index (χ2n) is 5.96. The molecule has 0 radical (unpaired) electrons. The predicted octanol–water partition coefficient (Wildman–Crippen LogP) is 5.83. The number of hydrogen-bond acceptors (Lipinski definition) is 3. The number of halogens is 6. The van der Waals surface area contributed by atoms with Crippen molar-refractivity contribution in [1.82, 2.24) is 0 Å². The van der Waals surface area contributed by atoms with Crippen LogP contribution in [0, 0.1) is 0 Å². The molecule has 0 amide bonds. The maximum Gasteiger partial charge on any atom is 0.422 e. The second kappa shape index (κ2) is 9.58. The first-order valence-corrected chi connectivity index (χ1v) is 8.38. The van der Waals surface area contributed by atoms with E-state index in [1.165, 1.54) is 13.2 Å². The molecule has 0 heterocycles. The molecule has 0 aliphatic rings. The second-order valence-corrected chi connectivity index (χ2v) is 5.96. The van der Waals surface area contributed by atoms with Crippen LogP contribution in [0.4, 0.5) is 26.3 Å². The van der Waals surface area contributed by atoms with Gasteiger partial charge in [0.05, 0.1) is 7.11 Å². The van der Waals surface area contributed by atoms with E-state index in [-0.39, 0.29) is 23.5 Å². The molecule has 0 N–H and O–H groups in total. The number of benzene rings is 2. The zero-order valence-corrected chi connectivity index (χ0v) is 15.3. The molecule has 0 fully saturated rings. The summed E-state index contributed by atoms with van der Waals surface area (Å²) in [5, 5.41) is 0. The van der Waals surface area contributed by atoms with Gasteiger partial charge in [-0.15, -0.1) is 0 Å². The zero-order valence-electron chi connectivity index (χ0n) is 15.3. The van der Waals surface area contributed by atoms with E-state index in [4.69, 9.17) is 9.47 Å². The summed E-state index contributed by atoms with van der Waals surface area (Å²) in [5.74, 6) is 0.468. The van der Waals surface area contributed by atoms with Gasteiger partial charge in [-0.2, -0.15) is 26.3 Å². The summed E-state index contributed by atoms with van der Waals surface area (Å²) in [5.41, 5.74) is 1.08. The fourth-order valence-electron chi connectivity index (χ4n) is 2.31. The third-order valence-corrected chi connectivity index (χ3v) is 3.59. The van der Waals surface area contributed by atoms with Gasteiger partial charge in [-0.1, -0.05) is 24.3 Å². The molecule has 2 rings (SSSR count). The minimum absolute atomic E-state index is 0.0823. The Labute approximate surface area is 163 Å². The van der Waals surface area contributed by atoms with Gasteiger partial charge in [0.1, 0.15) is 17.2 Å². The molecular weight excluding hydrogens is 402 g/mol. The van der Waals surface area contributed by atoms with Gasteiger partial charge in [-0.05, 0) is 42.3 Å². The predicted molar refractivity (Wildman–Crippen MR) is 95.3 cm³/mol. The van der Waals surface area contributed by atoms with E-state index < -0.39 is 25.6 Å². The fourth-order valence-corrected chi connectivity index (χ4v) is 2.31. The van der Waals surface area contributed by atoms with E-state index >= 15 is 0 Å². The molecule has 0 aromatic heterocycles. The third kappa shape index (κ3) is 8.37. The van der Waals surface area contributed by atoms with Crippen LogP contribution >= 0.6 is 0 Å². The summed E-state index contributed by atoms with van der Waals surface area (Å²) < 4.78 is 88.8. The van der Waals surface area contributed by atoms with Crippen molar-refractivity contribution in [2.24, 2.45) is 0 Å². The van der Waals surface area contributed by atoms with Crippen molar-refractivity contribution < 1.29 is 40.6 Å². The highest BCUT2D eigenvalue weighted by molar-refractivity contribution is 5.52. The largest absolute Gasteiger partial charge is 0.497 e. The first kappa shape index (κ1) is 22.4. The maximum absolute atomic E-state index is 12.4. The van der Waals surface area contributed by atoms with Crippen LogP contribution in [0.1, 0.15) is 11.1 Å². The van der Waals surface area contributed by atoms with Crippen molar-refractivity contribution in [3.8, 4) is 17.2 Å². The summed E-state index contributed by atoms with van der Waals surface area (Å²) in [6.07, 6.45) is -5.56. The van der Waals surface area contributed by atoms with Gasteiger partial charge >= 0.3 is 12.4 Å². The standard InChI is InChI=1S/C20H18F6O3/c1-27-16-7-5-14(6-8-16)3-2-4-15-11-17(28-12-19(21,22)23)9-10-18(15)29-13-20(24,25)26/h2-3,5-11H,4,12-13H2,1H3. The normalized spacial score (nSPS) is 12.2. The highest BCUT2D eigenvalue weighted by Gasteiger charge is 2.30. The van der Waals surface area contributed by atoms with Crippen LogP contribution in [0.2, 0.25) is 0 Å². The van der Waals surface area contributed by atoms with Crippen LogP contribution in [-0.4, -0.2) is 32.7 Å². The highest BCUT2D eigenvalue weighted by Crippen LogP contribution is 2.28. The van der Waals surface area contributed by atoms with Crippen molar-refractivity contribution in [2.45, 2.75) is 18.8 Å². The minimum atomic E-state index is -4.54. The van der Waals surface area contributed by atoms with Crippen LogP contribution in [0.5, 0.6) is 17.2 Å². The Kier molecular flexibility index (Phi) is 7.41. The third-order valence-electron chi connectivity index (χ3n) is 3.59. The maximum atomic E-state index is 12.4. The summed E-state index contributed by atoms with van der Waals surface area (Å²) in [6.45, 7) is -3.01. The number of rotatable bonds is 8. The molecule has 0 unspecified atom stereocenters. The molecule has 0 saturated heterocycles. The lowest BCUT2D eigenvalue weighted by molar-refractivity contribution is -0.154. The number of methoxy groups -OCH3 is 1. The molecule has 3 nitrogen and oxygen atoms in total. The molecular formula is C20H18F6O3. The molecule has 158 valence electrons. The monoisotopic (exact) mass is 420 g/mol. The average Bonchev–Trinajstić information content (AvgIpc) is 2.65. The van der Waals surface area contributed by atoms with Crippen molar-refractivity contribution in [3.05, 3.63) is 59.7 Å². The average molecular weight is 420 g/mol.